The van der Waals surface area contributed by atoms with E-state index >= 15 is 0 Å². The second-order valence-electron chi connectivity index (χ2n) is 5.29. The quantitative estimate of drug-likeness (QED) is 0.926. The molecule has 6 heteroatoms. The molecule has 2 N–H and O–H groups in total. The number of hydrogen-bond donors (Lipinski definition) is 1. The van der Waals surface area contributed by atoms with Crippen molar-refractivity contribution < 1.29 is 4.79 Å². The normalized spacial score (nSPS) is 22.4. The lowest BCUT2D eigenvalue weighted by Crippen LogP contribution is -2.34. The van der Waals surface area contributed by atoms with Crippen molar-refractivity contribution in [2.45, 2.75) is 26.2 Å². The van der Waals surface area contributed by atoms with E-state index in [0.717, 1.165) is 30.3 Å². The molecular formula is C13H20Cl2N2OS. The van der Waals surface area contributed by atoms with Crippen LogP contribution in [0.15, 0.2) is 12.1 Å². The molecule has 2 rings (SSSR count). The standard InChI is InChI=1S/C13H19ClN2OS.ClH/c1-13(8-15)6-7-16(9-13)12(17)5-3-10-2-4-11(14)18-10;/h2,4H,3,5-9,15H2,1H3;1H. The molecule has 1 saturated heterocycles. The van der Waals surface area contributed by atoms with Crippen molar-refractivity contribution in [3.05, 3.63) is 21.3 Å². The summed E-state index contributed by atoms with van der Waals surface area (Å²) in [7, 11) is 0. The second kappa shape index (κ2) is 6.93. The molecule has 0 spiro atoms. The van der Waals surface area contributed by atoms with Gasteiger partial charge in [0.05, 0.1) is 4.34 Å². The van der Waals surface area contributed by atoms with Crippen LogP contribution < -0.4 is 5.73 Å². The van der Waals surface area contributed by atoms with E-state index in [1.54, 1.807) is 11.3 Å². The molecule has 0 aliphatic carbocycles. The molecule has 1 amide bonds. The molecule has 0 radical (unpaired) electrons. The van der Waals surface area contributed by atoms with Crippen molar-refractivity contribution in [1.29, 1.82) is 0 Å². The minimum atomic E-state index is 0. The Morgan fingerprint density at radius 2 is 2.32 bits per heavy atom. The van der Waals surface area contributed by atoms with E-state index < -0.39 is 0 Å². The molecule has 1 fully saturated rings. The first-order chi connectivity index (χ1) is 8.52. The number of halogens is 2. The van der Waals surface area contributed by atoms with Gasteiger partial charge in [0, 0.05) is 24.4 Å². The summed E-state index contributed by atoms with van der Waals surface area (Å²) < 4.78 is 0.786. The van der Waals surface area contributed by atoms with Crippen LogP contribution in [0, 0.1) is 5.41 Å². The summed E-state index contributed by atoms with van der Waals surface area (Å²) >= 11 is 7.42. The Morgan fingerprint density at radius 3 is 2.84 bits per heavy atom. The van der Waals surface area contributed by atoms with Gasteiger partial charge in [0.1, 0.15) is 0 Å². The molecule has 1 aromatic rings. The number of nitrogens with zero attached hydrogens (tertiary/aromatic N) is 1. The summed E-state index contributed by atoms with van der Waals surface area (Å²) in [6.07, 6.45) is 2.36. The summed E-state index contributed by atoms with van der Waals surface area (Å²) in [5, 5.41) is 0. The molecule has 1 aliphatic heterocycles. The SMILES string of the molecule is CC1(CN)CCN(C(=O)CCc2ccc(Cl)s2)C1.Cl. The van der Waals surface area contributed by atoms with Crippen molar-refractivity contribution in [1.82, 2.24) is 4.90 Å². The van der Waals surface area contributed by atoms with Gasteiger partial charge in [-0.15, -0.1) is 23.7 Å². The van der Waals surface area contributed by atoms with Crippen LogP contribution in [-0.4, -0.2) is 30.4 Å². The van der Waals surface area contributed by atoms with Crippen LogP contribution in [0.5, 0.6) is 0 Å². The molecule has 2 heterocycles. The number of amides is 1. The first-order valence-electron chi connectivity index (χ1n) is 6.24. The van der Waals surface area contributed by atoms with E-state index in [1.165, 1.54) is 4.88 Å². The molecule has 1 atom stereocenters. The van der Waals surface area contributed by atoms with Gasteiger partial charge in [-0.1, -0.05) is 18.5 Å². The Balaban J connectivity index is 0.00000180. The van der Waals surface area contributed by atoms with E-state index in [1.807, 2.05) is 17.0 Å². The third kappa shape index (κ3) is 4.35. The molecule has 3 nitrogen and oxygen atoms in total. The van der Waals surface area contributed by atoms with Gasteiger partial charge in [0.15, 0.2) is 0 Å². The highest BCUT2D eigenvalue weighted by atomic mass is 35.5. The maximum atomic E-state index is 12.1. The van der Waals surface area contributed by atoms with Crippen molar-refractivity contribution in [3.63, 3.8) is 0 Å². The molecule has 19 heavy (non-hydrogen) atoms. The Labute approximate surface area is 129 Å². The predicted octanol–water partition coefficient (Wildman–Crippen LogP) is 2.95. The highest BCUT2D eigenvalue weighted by Crippen LogP contribution is 2.29. The largest absolute Gasteiger partial charge is 0.342 e. The van der Waals surface area contributed by atoms with Crippen LogP contribution in [0.3, 0.4) is 0 Å². The number of carbonyl (C=O) groups excluding carboxylic acids is 1. The molecule has 0 saturated carbocycles. The molecular weight excluding hydrogens is 303 g/mol. The lowest BCUT2D eigenvalue weighted by atomic mass is 9.90. The van der Waals surface area contributed by atoms with E-state index in [0.29, 0.717) is 13.0 Å². The third-order valence-electron chi connectivity index (χ3n) is 3.62. The van der Waals surface area contributed by atoms with E-state index in [9.17, 15) is 4.79 Å². The van der Waals surface area contributed by atoms with Crippen molar-refractivity contribution >= 4 is 41.3 Å². The van der Waals surface area contributed by atoms with Crippen molar-refractivity contribution in [2.75, 3.05) is 19.6 Å². The predicted molar refractivity (Wildman–Crippen MR) is 83.3 cm³/mol. The smallest absolute Gasteiger partial charge is 0.222 e. The first-order valence-corrected chi connectivity index (χ1v) is 7.44. The number of rotatable bonds is 4. The summed E-state index contributed by atoms with van der Waals surface area (Å²) in [5.41, 5.74) is 5.86. The molecule has 0 aromatic carbocycles. The first kappa shape index (κ1) is 16.8. The van der Waals surface area contributed by atoms with Crippen LogP contribution in [0.4, 0.5) is 0 Å². The summed E-state index contributed by atoms with van der Waals surface area (Å²) in [4.78, 5) is 15.2. The van der Waals surface area contributed by atoms with E-state index in [4.69, 9.17) is 17.3 Å². The average Bonchev–Trinajstić information content (AvgIpc) is 2.94. The van der Waals surface area contributed by atoms with Crippen LogP contribution in [0.25, 0.3) is 0 Å². The van der Waals surface area contributed by atoms with E-state index in [2.05, 4.69) is 6.92 Å². The zero-order valence-electron chi connectivity index (χ0n) is 11.0. The fourth-order valence-electron chi connectivity index (χ4n) is 2.28. The van der Waals surface area contributed by atoms with Gasteiger partial charge in [-0.3, -0.25) is 4.79 Å². The Hall–Kier alpha value is -0.290. The van der Waals surface area contributed by atoms with Crippen LogP contribution in [-0.2, 0) is 11.2 Å². The molecule has 1 aromatic heterocycles. The van der Waals surface area contributed by atoms with E-state index in [-0.39, 0.29) is 23.7 Å². The second-order valence-corrected chi connectivity index (χ2v) is 7.09. The summed E-state index contributed by atoms with van der Waals surface area (Å²) in [6, 6.07) is 3.88. The minimum Gasteiger partial charge on any atom is -0.342 e. The molecule has 0 bridgehead atoms. The van der Waals surface area contributed by atoms with Crippen molar-refractivity contribution in [3.8, 4) is 0 Å². The maximum Gasteiger partial charge on any atom is 0.222 e. The maximum absolute atomic E-state index is 12.1. The number of thiophene rings is 1. The number of nitrogens with two attached hydrogens (primary N) is 1. The number of likely N-dealkylation sites (tertiary alicyclic amines) is 1. The number of aryl methyl sites for hydroxylation is 1. The van der Waals surface area contributed by atoms with Crippen LogP contribution in [0.2, 0.25) is 4.34 Å². The van der Waals surface area contributed by atoms with Gasteiger partial charge >= 0.3 is 0 Å². The fourth-order valence-corrected chi connectivity index (χ4v) is 3.36. The highest BCUT2D eigenvalue weighted by molar-refractivity contribution is 7.16. The zero-order chi connectivity index (χ0) is 13.2. The van der Waals surface area contributed by atoms with Gasteiger partial charge in [-0.05, 0) is 36.9 Å². The van der Waals surface area contributed by atoms with Gasteiger partial charge < -0.3 is 10.6 Å². The highest BCUT2D eigenvalue weighted by Gasteiger charge is 2.34. The van der Waals surface area contributed by atoms with Gasteiger partial charge in [0.2, 0.25) is 5.91 Å². The fraction of sp³-hybridized carbons (Fsp3) is 0.615. The number of hydrogen-bond acceptors (Lipinski definition) is 3. The summed E-state index contributed by atoms with van der Waals surface area (Å²) in [6.45, 7) is 4.45. The van der Waals surface area contributed by atoms with Gasteiger partial charge in [-0.2, -0.15) is 0 Å². The Morgan fingerprint density at radius 1 is 1.58 bits per heavy atom. The molecule has 1 aliphatic rings. The van der Waals surface area contributed by atoms with Crippen LogP contribution in [0.1, 0.15) is 24.6 Å². The number of carbonyl (C=O) groups is 1. The zero-order valence-corrected chi connectivity index (χ0v) is 13.4. The van der Waals surface area contributed by atoms with Crippen molar-refractivity contribution in [2.24, 2.45) is 11.1 Å². The lowest BCUT2D eigenvalue weighted by molar-refractivity contribution is -0.130. The Kier molecular flexibility index (Phi) is 6.12. The molecule has 108 valence electrons. The molecule has 1 unspecified atom stereocenters. The topological polar surface area (TPSA) is 46.3 Å². The lowest BCUT2D eigenvalue weighted by Gasteiger charge is -2.22. The minimum absolute atomic E-state index is 0. The monoisotopic (exact) mass is 322 g/mol. The Bertz CT molecular complexity index is 438. The van der Waals surface area contributed by atoms with Crippen LogP contribution >= 0.6 is 35.3 Å². The average molecular weight is 323 g/mol. The summed E-state index contributed by atoms with van der Waals surface area (Å²) in [5.74, 6) is 0.233. The van der Waals surface area contributed by atoms with Gasteiger partial charge in [0.25, 0.3) is 0 Å². The van der Waals surface area contributed by atoms with Gasteiger partial charge in [-0.25, -0.2) is 0 Å². The third-order valence-corrected chi connectivity index (χ3v) is 4.91.